The number of carbonyl (C=O) groups is 4. The minimum Gasteiger partial charge on any atom is -0.493 e. The van der Waals surface area contributed by atoms with Gasteiger partial charge in [-0.1, -0.05) is 0 Å². The van der Waals surface area contributed by atoms with Gasteiger partial charge in [0.05, 0.1) is 33.4 Å². The highest BCUT2D eigenvalue weighted by Gasteiger charge is 2.46. The van der Waals surface area contributed by atoms with Crippen LogP contribution < -0.4 is 24.4 Å². The van der Waals surface area contributed by atoms with Gasteiger partial charge in [-0.2, -0.15) is 0 Å². The maximum Gasteiger partial charge on any atom is 0.329 e. The number of hydrogen-bond acceptors (Lipinski definition) is 7. The van der Waals surface area contributed by atoms with Gasteiger partial charge in [-0.25, -0.2) is 9.69 Å². The zero-order valence-corrected chi connectivity index (χ0v) is 20.8. The fraction of sp³-hybridized carbons (Fsp3) is 0.600. The first kappa shape index (κ1) is 24.2. The van der Waals surface area contributed by atoms with E-state index < -0.39 is 18.0 Å². The number of methoxy groups -OCH3 is 3. The summed E-state index contributed by atoms with van der Waals surface area (Å²) in [5.41, 5.74) is 0.261. The van der Waals surface area contributed by atoms with Gasteiger partial charge in [-0.3, -0.25) is 14.4 Å². The average Bonchev–Trinajstić information content (AvgIpc) is 3.15. The number of anilines is 1. The Morgan fingerprint density at radius 2 is 1.75 bits per heavy atom. The van der Waals surface area contributed by atoms with Gasteiger partial charge < -0.3 is 29.3 Å². The van der Waals surface area contributed by atoms with Crippen LogP contribution >= 0.6 is 0 Å². The van der Waals surface area contributed by atoms with E-state index in [1.807, 2.05) is 9.80 Å². The first-order valence-electron chi connectivity index (χ1n) is 12.4. The quantitative estimate of drug-likeness (QED) is 0.587. The van der Waals surface area contributed by atoms with Crippen LogP contribution in [0.5, 0.6) is 17.2 Å². The second-order valence-corrected chi connectivity index (χ2v) is 9.93. The predicted molar refractivity (Wildman–Crippen MR) is 128 cm³/mol. The predicted octanol–water partition coefficient (Wildman–Crippen LogP) is 1.39. The van der Waals surface area contributed by atoms with Gasteiger partial charge >= 0.3 is 6.03 Å². The number of nitrogens with one attached hydrogen (secondary N) is 1. The second-order valence-electron chi connectivity index (χ2n) is 9.93. The Morgan fingerprint density at radius 1 is 1.03 bits per heavy atom. The molecule has 4 aliphatic rings. The molecule has 11 heteroatoms. The molecule has 5 rings (SSSR count). The summed E-state index contributed by atoms with van der Waals surface area (Å²) in [7, 11) is 4.36. The molecule has 4 fully saturated rings. The van der Waals surface area contributed by atoms with Crippen molar-refractivity contribution in [2.75, 3.05) is 45.9 Å². The number of imide groups is 1. The highest BCUT2D eigenvalue weighted by atomic mass is 16.5. The number of fused-ring (bicyclic) bond motifs is 4. The number of hydrogen-bond donors (Lipinski definition) is 1. The van der Waals surface area contributed by atoms with Gasteiger partial charge in [0.25, 0.3) is 5.91 Å². The Balaban J connectivity index is 1.28. The molecule has 5 amide bonds. The second kappa shape index (κ2) is 9.51. The van der Waals surface area contributed by atoms with Crippen LogP contribution in [-0.2, 0) is 14.4 Å². The van der Waals surface area contributed by atoms with Crippen LogP contribution in [0.1, 0.15) is 32.1 Å². The number of ether oxygens (including phenoxy) is 3. The summed E-state index contributed by atoms with van der Waals surface area (Å²) in [6, 6.07) is 1.66. The monoisotopic (exact) mass is 500 g/mol. The fourth-order valence-corrected chi connectivity index (χ4v) is 6.23. The number of nitrogens with zero attached hydrogens (tertiary/aromatic N) is 3. The molecule has 11 nitrogen and oxygen atoms in total. The Labute approximate surface area is 209 Å². The summed E-state index contributed by atoms with van der Waals surface area (Å²) < 4.78 is 16.0. The number of benzene rings is 1. The van der Waals surface area contributed by atoms with Crippen LogP contribution in [0.25, 0.3) is 0 Å². The molecule has 194 valence electrons. The van der Waals surface area contributed by atoms with E-state index in [4.69, 9.17) is 14.2 Å². The van der Waals surface area contributed by atoms with E-state index in [-0.39, 0.29) is 41.8 Å². The number of likely N-dealkylation sites (tertiary alicyclic amines) is 1. The molecule has 0 spiro atoms. The molecule has 36 heavy (non-hydrogen) atoms. The van der Waals surface area contributed by atoms with Crippen molar-refractivity contribution in [3.63, 3.8) is 0 Å². The van der Waals surface area contributed by atoms with E-state index in [2.05, 4.69) is 5.32 Å². The number of piperidine rings is 3. The average molecular weight is 501 g/mol. The third kappa shape index (κ3) is 4.10. The van der Waals surface area contributed by atoms with Crippen LogP contribution in [0, 0.1) is 11.8 Å². The van der Waals surface area contributed by atoms with Crippen molar-refractivity contribution < 1.29 is 33.4 Å². The molecule has 2 unspecified atom stereocenters. The fourth-order valence-electron chi connectivity index (χ4n) is 6.23. The molecular weight excluding hydrogens is 468 g/mol. The molecular formula is C25H32N4O7. The summed E-state index contributed by atoms with van der Waals surface area (Å²) in [4.78, 5) is 56.5. The van der Waals surface area contributed by atoms with E-state index in [1.165, 1.54) is 33.5 Å². The molecule has 0 saturated carbocycles. The van der Waals surface area contributed by atoms with Gasteiger partial charge in [0.2, 0.25) is 17.6 Å². The Morgan fingerprint density at radius 3 is 2.42 bits per heavy atom. The Bertz CT molecular complexity index is 1070. The molecule has 4 saturated heterocycles. The molecule has 1 N–H and O–H groups in total. The van der Waals surface area contributed by atoms with Gasteiger partial charge in [-0.05, 0) is 31.1 Å². The van der Waals surface area contributed by atoms with E-state index in [1.54, 1.807) is 0 Å². The van der Waals surface area contributed by atoms with E-state index in [0.29, 0.717) is 43.3 Å². The van der Waals surface area contributed by atoms with Crippen molar-refractivity contribution in [2.24, 2.45) is 11.8 Å². The van der Waals surface area contributed by atoms with Crippen LogP contribution in [0.15, 0.2) is 12.1 Å². The van der Waals surface area contributed by atoms with Crippen molar-refractivity contribution in [1.82, 2.24) is 15.1 Å². The normalized spacial score (nSPS) is 27.5. The largest absolute Gasteiger partial charge is 0.493 e. The van der Waals surface area contributed by atoms with Crippen molar-refractivity contribution >= 4 is 29.4 Å². The van der Waals surface area contributed by atoms with Crippen LogP contribution in [-0.4, -0.2) is 86.6 Å². The SMILES string of the molecule is COc1cc(N2C(=O)NC(CC(=O)N3C[C@H]4C[C@@H](C3)C3CCCC(=O)N3C4)C2=O)cc(OC)c1OC. The molecule has 4 aliphatic heterocycles. The lowest BCUT2D eigenvalue weighted by atomic mass is 9.76. The first-order valence-corrected chi connectivity index (χ1v) is 12.4. The molecule has 2 bridgehead atoms. The zero-order chi connectivity index (χ0) is 25.6. The standard InChI is InChI=1S/C25H32N4O7/c1-34-19-8-16(9-20(35-2)23(19)36-3)29-24(32)17(26-25(29)33)10-22(31)27-11-14-7-15(13-27)18-5-4-6-21(30)28(18)12-14/h8-9,14-15,17-18H,4-7,10-13H2,1-3H3,(H,26,33)/t14-,15+,17?,18?/m1/s1. The van der Waals surface area contributed by atoms with Crippen LogP contribution in [0.3, 0.4) is 0 Å². The Hall–Kier alpha value is -3.50. The molecule has 1 aromatic rings. The minimum atomic E-state index is -0.960. The number of amides is 5. The third-order valence-corrected chi connectivity index (χ3v) is 7.84. The lowest BCUT2D eigenvalue weighted by molar-refractivity contribution is -0.149. The molecule has 1 aromatic carbocycles. The third-order valence-electron chi connectivity index (χ3n) is 7.84. The van der Waals surface area contributed by atoms with Gasteiger partial charge in [0, 0.05) is 44.2 Å². The molecule has 4 heterocycles. The lowest BCUT2D eigenvalue weighted by Crippen LogP contribution is -2.61. The van der Waals surface area contributed by atoms with Gasteiger partial charge in [-0.15, -0.1) is 0 Å². The molecule has 0 radical (unpaired) electrons. The topological polar surface area (TPSA) is 118 Å². The van der Waals surface area contributed by atoms with Crippen LogP contribution in [0.4, 0.5) is 10.5 Å². The zero-order valence-electron chi connectivity index (χ0n) is 20.8. The van der Waals surface area contributed by atoms with Crippen molar-refractivity contribution in [3.8, 4) is 17.2 Å². The minimum absolute atomic E-state index is 0.113. The van der Waals surface area contributed by atoms with E-state index in [9.17, 15) is 19.2 Å². The van der Waals surface area contributed by atoms with Crippen molar-refractivity contribution in [2.45, 2.75) is 44.2 Å². The first-order chi connectivity index (χ1) is 17.3. The maximum absolute atomic E-state index is 13.3. The van der Waals surface area contributed by atoms with Crippen molar-refractivity contribution in [1.29, 1.82) is 0 Å². The van der Waals surface area contributed by atoms with Gasteiger partial charge in [0.1, 0.15) is 6.04 Å². The van der Waals surface area contributed by atoms with Crippen LogP contribution in [0.2, 0.25) is 0 Å². The molecule has 0 aromatic heterocycles. The van der Waals surface area contributed by atoms with E-state index >= 15 is 0 Å². The summed E-state index contributed by atoms with van der Waals surface area (Å²) in [6.07, 6.45) is 3.40. The summed E-state index contributed by atoms with van der Waals surface area (Å²) in [6.45, 7) is 1.84. The molecule has 4 atom stereocenters. The smallest absolute Gasteiger partial charge is 0.329 e. The summed E-state index contributed by atoms with van der Waals surface area (Å²) in [5, 5.41) is 2.65. The number of urea groups is 1. The number of rotatable bonds is 6. The summed E-state index contributed by atoms with van der Waals surface area (Å²) in [5.74, 6) is 1.02. The number of carbonyl (C=O) groups excluding carboxylic acids is 4. The summed E-state index contributed by atoms with van der Waals surface area (Å²) >= 11 is 0. The highest BCUT2D eigenvalue weighted by molar-refractivity contribution is 6.22. The maximum atomic E-state index is 13.3. The van der Waals surface area contributed by atoms with Crippen molar-refractivity contribution in [3.05, 3.63) is 12.1 Å². The lowest BCUT2D eigenvalue weighted by Gasteiger charge is -2.52. The highest BCUT2D eigenvalue weighted by Crippen LogP contribution is 2.42. The van der Waals surface area contributed by atoms with Gasteiger partial charge in [0.15, 0.2) is 11.5 Å². The van der Waals surface area contributed by atoms with E-state index in [0.717, 1.165) is 24.2 Å². The Kier molecular flexibility index (Phi) is 6.40. The molecule has 0 aliphatic carbocycles.